The van der Waals surface area contributed by atoms with E-state index in [-0.39, 0.29) is 47.8 Å². The fourth-order valence-corrected chi connectivity index (χ4v) is 1.95. The largest absolute Gasteiger partial charge is 0.494 e. The lowest BCUT2D eigenvalue weighted by atomic mass is 10.1. The molecule has 8 heteroatoms. The van der Waals surface area contributed by atoms with Gasteiger partial charge in [-0.25, -0.2) is 9.38 Å². The molecule has 0 aliphatic carbocycles. The zero-order valence-electron chi connectivity index (χ0n) is 15.9. The fraction of sp³-hybridized carbons (Fsp3) is 0.556. The molecule has 1 rings (SSSR count). The zero-order chi connectivity index (χ0) is 18.7. The summed E-state index contributed by atoms with van der Waals surface area (Å²) in [7, 11) is 0. The van der Waals surface area contributed by atoms with Crippen molar-refractivity contribution in [2.45, 2.75) is 39.7 Å². The van der Waals surface area contributed by atoms with E-state index in [1.165, 1.54) is 12.1 Å². The first-order chi connectivity index (χ1) is 11.8. The quantitative estimate of drug-likeness (QED) is 0.232. The average Bonchev–Trinajstić information content (AvgIpc) is 2.52. The number of carbonyl (C=O) groups excluding carboxylic acids is 1. The Morgan fingerprint density at radius 2 is 1.85 bits per heavy atom. The molecule has 1 aromatic rings. The summed E-state index contributed by atoms with van der Waals surface area (Å²) in [6, 6.07) is 5.93. The van der Waals surface area contributed by atoms with Gasteiger partial charge in [0.25, 0.3) is 0 Å². The van der Waals surface area contributed by atoms with Crippen LogP contribution < -0.4 is 20.7 Å². The van der Waals surface area contributed by atoms with Crippen LogP contribution in [-0.4, -0.2) is 43.6 Å². The van der Waals surface area contributed by atoms with Crippen LogP contribution in [0.15, 0.2) is 29.3 Å². The highest BCUT2D eigenvalue weighted by molar-refractivity contribution is 14.0. The highest BCUT2D eigenvalue weighted by atomic mass is 127. The number of hydrogen-bond donors (Lipinski definition) is 3. The maximum absolute atomic E-state index is 12.8. The first kappa shape index (κ1) is 24.4. The maximum atomic E-state index is 12.8. The Balaban J connectivity index is 0.00000625. The molecule has 0 spiro atoms. The van der Waals surface area contributed by atoms with Crippen LogP contribution in [0.4, 0.5) is 4.39 Å². The molecule has 0 aliphatic heterocycles. The van der Waals surface area contributed by atoms with E-state index >= 15 is 0 Å². The molecular weight excluding hydrogens is 450 g/mol. The number of carbonyl (C=O) groups is 1. The molecule has 0 saturated heterocycles. The van der Waals surface area contributed by atoms with Crippen molar-refractivity contribution in [2.75, 3.05) is 26.2 Å². The smallest absolute Gasteiger partial charge is 0.242 e. The van der Waals surface area contributed by atoms with E-state index < -0.39 is 0 Å². The van der Waals surface area contributed by atoms with Crippen LogP contribution in [0.2, 0.25) is 0 Å². The minimum atomic E-state index is -0.281. The third-order valence-corrected chi connectivity index (χ3v) is 2.94. The average molecular weight is 480 g/mol. The van der Waals surface area contributed by atoms with Crippen LogP contribution >= 0.6 is 24.0 Å². The summed E-state index contributed by atoms with van der Waals surface area (Å²) in [5.41, 5.74) is -0.268. The number of halogens is 2. The van der Waals surface area contributed by atoms with Gasteiger partial charge in [0.1, 0.15) is 18.1 Å². The summed E-state index contributed by atoms with van der Waals surface area (Å²) in [5, 5.41) is 9.11. The number of nitrogens with zero attached hydrogens (tertiary/aromatic N) is 1. The van der Waals surface area contributed by atoms with Crippen molar-refractivity contribution in [1.82, 2.24) is 16.0 Å². The van der Waals surface area contributed by atoms with Crippen LogP contribution in [0.1, 0.15) is 34.1 Å². The molecule has 1 aromatic carbocycles. The first-order valence-corrected chi connectivity index (χ1v) is 8.51. The number of hydrogen-bond acceptors (Lipinski definition) is 3. The highest BCUT2D eigenvalue weighted by Gasteiger charge is 2.13. The first-order valence-electron chi connectivity index (χ1n) is 8.51. The number of ether oxygens (including phenoxy) is 1. The Hall–Kier alpha value is -1.58. The van der Waals surface area contributed by atoms with Crippen LogP contribution in [0.25, 0.3) is 0 Å². The standard InChI is InChI=1S/C18H29FN4O2.HI/c1-5-20-17(22-13-16(24)23-18(2,3)4)21-11-6-12-25-15-9-7-14(19)8-10-15;/h7-10H,5-6,11-13H2,1-4H3,(H,23,24)(H2,20,21,22);1H. The molecule has 0 heterocycles. The van der Waals surface area contributed by atoms with E-state index in [1.54, 1.807) is 12.1 Å². The number of nitrogens with one attached hydrogen (secondary N) is 3. The van der Waals surface area contributed by atoms with Gasteiger partial charge in [0.15, 0.2) is 5.96 Å². The van der Waals surface area contributed by atoms with Crippen LogP contribution in [0.5, 0.6) is 5.75 Å². The van der Waals surface area contributed by atoms with Gasteiger partial charge in [-0.3, -0.25) is 4.79 Å². The molecule has 148 valence electrons. The summed E-state index contributed by atoms with van der Waals surface area (Å²) in [6.45, 7) is 9.68. The van der Waals surface area contributed by atoms with Gasteiger partial charge in [0.2, 0.25) is 5.91 Å². The molecule has 0 bridgehead atoms. The van der Waals surface area contributed by atoms with Gasteiger partial charge in [-0.1, -0.05) is 0 Å². The zero-order valence-corrected chi connectivity index (χ0v) is 18.2. The van der Waals surface area contributed by atoms with Gasteiger partial charge >= 0.3 is 0 Å². The number of aliphatic imine (C=N–C) groups is 1. The van der Waals surface area contributed by atoms with E-state index in [0.717, 1.165) is 6.42 Å². The number of rotatable bonds is 8. The maximum Gasteiger partial charge on any atom is 0.242 e. The Kier molecular flexibility index (Phi) is 11.9. The predicted molar refractivity (Wildman–Crippen MR) is 114 cm³/mol. The Bertz CT molecular complexity index is 559. The van der Waals surface area contributed by atoms with Crippen molar-refractivity contribution in [3.63, 3.8) is 0 Å². The lowest BCUT2D eigenvalue weighted by Crippen LogP contribution is -2.43. The minimum Gasteiger partial charge on any atom is -0.494 e. The topological polar surface area (TPSA) is 74.8 Å². The Morgan fingerprint density at radius 3 is 2.42 bits per heavy atom. The molecule has 0 aliphatic rings. The van der Waals surface area contributed by atoms with Crippen LogP contribution in [0.3, 0.4) is 0 Å². The number of guanidine groups is 1. The van der Waals surface area contributed by atoms with Crippen LogP contribution in [0, 0.1) is 5.82 Å². The molecular formula is C18H30FIN4O2. The van der Waals surface area contributed by atoms with Crippen molar-refractivity contribution in [1.29, 1.82) is 0 Å². The molecule has 6 nitrogen and oxygen atoms in total. The van der Waals surface area contributed by atoms with E-state index in [4.69, 9.17) is 4.74 Å². The number of benzene rings is 1. The summed E-state index contributed by atoms with van der Waals surface area (Å²) < 4.78 is 18.3. The molecule has 26 heavy (non-hydrogen) atoms. The van der Waals surface area contributed by atoms with Gasteiger partial charge in [0.05, 0.1) is 6.61 Å². The third-order valence-electron chi connectivity index (χ3n) is 2.94. The lowest BCUT2D eigenvalue weighted by molar-refractivity contribution is -0.121. The van der Waals surface area contributed by atoms with Gasteiger partial charge in [-0.2, -0.15) is 0 Å². The SMILES string of the molecule is CCNC(=NCC(=O)NC(C)(C)C)NCCCOc1ccc(F)cc1.I. The highest BCUT2D eigenvalue weighted by Crippen LogP contribution is 2.10. The van der Waals surface area contributed by atoms with Gasteiger partial charge in [-0.05, 0) is 58.4 Å². The third kappa shape index (κ3) is 11.9. The van der Waals surface area contributed by atoms with Gasteiger partial charge in [0, 0.05) is 18.6 Å². The predicted octanol–water partition coefficient (Wildman–Crippen LogP) is 2.68. The molecule has 0 saturated carbocycles. The second-order valence-electron chi connectivity index (χ2n) is 6.58. The second-order valence-corrected chi connectivity index (χ2v) is 6.58. The molecule has 0 aromatic heterocycles. The normalized spacial score (nSPS) is 11.3. The Morgan fingerprint density at radius 1 is 1.19 bits per heavy atom. The summed E-state index contributed by atoms with van der Waals surface area (Å²) in [6.07, 6.45) is 0.746. The summed E-state index contributed by atoms with van der Waals surface area (Å²) >= 11 is 0. The fourth-order valence-electron chi connectivity index (χ4n) is 1.95. The van der Waals surface area contributed by atoms with Crippen molar-refractivity contribution in [3.8, 4) is 5.75 Å². The molecule has 1 amide bonds. The van der Waals surface area contributed by atoms with Crippen LogP contribution in [-0.2, 0) is 4.79 Å². The Labute approximate surface area is 172 Å². The molecule has 0 unspecified atom stereocenters. The molecule has 0 fully saturated rings. The molecule has 0 radical (unpaired) electrons. The van der Waals surface area contributed by atoms with Crippen molar-refractivity contribution < 1.29 is 13.9 Å². The number of amides is 1. The van der Waals surface area contributed by atoms with Crippen molar-refractivity contribution >= 4 is 35.8 Å². The molecule has 0 atom stereocenters. The van der Waals surface area contributed by atoms with E-state index in [1.807, 2.05) is 27.7 Å². The van der Waals surface area contributed by atoms with Gasteiger partial charge in [-0.15, -0.1) is 24.0 Å². The van der Waals surface area contributed by atoms with Crippen molar-refractivity contribution in [2.24, 2.45) is 4.99 Å². The molecule has 3 N–H and O–H groups in total. The second kappa shape index (κ2) is 12.7. The van der Waals surface area contributed by atoms with Gasteiger partial charge < -0.3 is 20.7 Å². The van der Waals surface area contributed by atoms with E-state index in [2.05, 4.69) is 20.9 Å². The minimum absolute atomic E-state index is 0. The summed E-state index contributed by atoms with van der Waals surface area (Å²) in [5.74, 6) is 0.828. The van der Waals surface area contributed by atoms with E-state index in [9.17, 15) is 9.18 Å². The monoisotopic (exact) mass is 480 g/mol. The van der Waals surface area contributed by atoms with Crippen molar-refractivity contribution in [3.05, 3.63) is 30.1 Å². The van der Waals surface area contributed by atoms with E-state index in [0.29, 0.717) is 31.4 Å². The summed E-state index contributed by atoms with van der Waals surface area (Å²) in [4.78, 5) is 16.1. The lowest BCUT2D eigenvalue weighted by Gasteiger charge is -2.20.